The summed E-state index contributed by atoms with van der Waals surface area (Å²) in [5, 5.41) is 0. The molecule has 1 rings (SSSR count). The minimum Gasteiger partial charge on any atom is -0.462 e. The average molecular weight is 234 g/mol. The number of hydrogen-bond donors (Lipinski definition) is 2. The second-order valence-corrected chi connectivity index (χ2v) is 3.38. The van der Waals surface area contributed by atoms with Crippen LogP contribution < -0.4 is 16.2 Å². The second kappa shape index (κ2) is 9.48. The van der Waals surface area contributed by atoms with Crippen molar-refractivity contribution in [3.05, 3.63) is 48.3 Å². The third-order valence-electron chi connectivity index (χ3n) is 1.68. The van der Waals surface area contributed by atoms with Crippen LogP contribution in [0.25, 0.3) is 0 Å². The van der Waals surface area contributed by atoms with Crippen molar-refractivity contribution in [2.75, 3.05) is 12.3 Å². The molecule has 0 radical (unpaired) electrons. The molecule has 94 valence electrons. The summed E-state index contributed by atoms with van der Waals surface area (Å²) in [6, 6.07) is 7.33. The number of hydrogen-bond acceptors (Lipinski definition) is 3. The zero-order valence-electron chi connectivity index (χ0n) is 10.8. The van der Waals surface area contributed by atoms with Gasteiger partial charge in [0.05, 0.1) is 0 Å². The van der Waals surface area contributed by atoms with E-state index in [-0.39, 0.29) is 0 Å². The van der Waals surface area contributed by atoms with Gasteiger partial charge in [-0.05, 0) is 50.7 Å². The van der Waals surface area contributed by atoms with Crippen LogP contribution in [0, 0.1) is 0 Å². The van der Waals surface area contributed by atoms with E-state index in [1.807, 2.05) is 63.3 Å². The molecule has 4 N–H and O–H groups in total. The Morgan fingerprint density at radius 3 is 2.29 bits per heavy atom. The van der Waals surface area contributed by atoms with Gasteiger partial charge in [-0.1, -0.05) is 19.1 Å². The Hall–Kier alpha value is -1.74. The Kier molecular flexibility index (Phi) is 8.51. The molecule has 1 aromatic carbocycles. The Labute approximate surface area is 104 Å². The highest BCUT2D eigenvalue weighted by atomic mass is 16.5. The molecule has 0 unspecified atom stereocenters. The molecule has 0 saturated carbocycles. The Morgan fingerprint density at radius 1 is 1.29 bits per heavy atom. The number of ether oxygens (including phenoxy) is 1. The predicted octanol–water partition coefficient (Wildman–Crippen LogP) is 3.09. The molecule has 0 aliphatic rings. The number of benzene rings is 1. The first kappa shape index (κ1) is 15.3. The van der Waals surface area contributed by atoms with Crippen molar-refractivity contribution in [3.63, 3.8) is 0 Å². The average Bonchev–Trinajstić information content (AvgIpc) is 2.30. The van der Waals surface area contributed by atoms with Crippen molar-refractivity contribution >= 4 is 5.69 Å². The van der Waals surface area contributed by atoms with Gasteiger partial charge in [0.2, 0.25) is 0 Å². The van der Waals surface area contributed by atoms with Gasteiger partial charge in [0.15, 0.2) is 0 Å². The van der Waals surface area contributed by atoms with Crippen LogP contribution in [-0.2, 0) is 0 Å². The van der Waals surface area contributed by atoms with E-state index in [9.17, 15) is 0 Å². The summed E-state index contributed by atoms with van der Waals surface area (Å²) in [6.07, 6.45) is 5.80. The number of nitrogens with two attached hydrogens (primary N) is 2. The summed E-state index contributed by atoms with van der Waals surface area (Å²) in [4.78, 5) is 0. The zero-order chi connectivity index (χ0) is 13.1. The number of nitrogen functional groups attached to an aromatic ring is 1. The molecular weight excluding hydrogens is 212 g/mol. The van der Waals surface area contributed by atoms with Crippen LogP contribution in [0.3, 0.4) is 0 Å². The summed E-state index contributed by atoms with van der Waals surface area (Å²) >= 11 is 0. The third kappa shape index (κ3) is 8.11. The van der Waals surface area contributed by atoms with Crippen molar-refractivity contribution in [1.29, 1.82) is 0 Å². The smallest absolute Gasteiger partial charge is 0.127 e. The van der Waals surface area contributed by atoms with Gasteiger partial charge in [0.25, 0.3) is 0 Å². The van der Waals surface area contributed by atoms with E-state index in [0.29, 0.717) is 0 Å². The fourth-order valence-corrected chi connectivity index (χ4v) is 0.988. The largest absolute Gasteiger partial charge is 0.462 e. The van der Waals surface area contributed by atoms with Crippen molar-refractivity contribution in [3.8, 4) is 5.75 Å². The highest BCUT2D eigenvalue weighted by molar-refractivity contribution is 5.42. The molecule has 0 heterocycles. The summed E-state index contributed by atoms with van der Waals surface area (Å²) in [5.41, 5.74) is 11.1. The first-order valence-corrected chi connectivity index (χ1v) is 5.67. The molecule has 0 aliphatic heterocycles. The normalized spacial score (nSPS) is 10.9. The van der Waals surface area contributed by atoms with Crippen LogP contribution >= 0.6 is 0 Å². The quantitative estimate of drug-likeness (QED) is 0.480. The molecule has 0 aliphatic carbocycles. The molecule has 3 nitrogen and oxygen atoms in total. The van der Waals surface area contributed by atoms with E-state index < -0.39 is 0 Å². The zero-order valence-corrected chi connectivity index (χ0v) is 10.8. The van der Waals surface area contributed by atoms with Crippen molar-refractivity contribution < 1.29 is 4.74 Å². The lowest BCUT2D eigenvalue weighted by atomic mass is 10.3. The lowest BCUT2D eigenvalue weighted by Gasteiger charge is -2.04. The van der Waals surface area contributed by atoms with Crippen LogP contribution in [0.4, 0.5) is 5.69 Å². The van der Waals surface area contributed by atoms with Crippen LogP contribution in [0.1, 0.15) is 20.8 Å². The summed E-state index contributed by atoms with van der Waals surface area (Å²) < 4.78 is 5.53. The van der Waals surface area contributed by atoms with Gasteiger partial charge in [0.1, 0.15) is 11.5 Å². The first-order chi connectivity index (χ1) is 8.13. The minimum absolute atomic E-state index is 0.743. The van der Waals surface area contributed by atoms with E-state index >= 15 is 0 Å². The maximum atomic E-state index is 5.56. The van der Waals surface area contributed by atoms with E-state index in [2.05, 4.69) is 0 Å². The predicted molar refractivity (Wildman–Crippen MR) is 74.8 cm³/mol. The van der Waals surface area contributed by atoms with Gasteiger partial charge in [-0.15, -0.1) is 0 Å². The van der Waals surface area contributed by atoms with E-state index in [4.69, 9.17) is 16.2 Å². The second-order valence-electron chi connectivity index (χ2n) is 3.38. The lowest BCUT2D eigenvalue weighted by Crippen LogP contribution is -1.90. The highest BCUT2D eigenvalue weighted by Gasteiger charge is 1.93. The van der Waals surface area contributed by atoms with Gasteiger partial charge in [-0.3, -0.25) is 0 Å². The third-order valence-corrected chi connectivity index (χ3v) is 1.68. The highest BCUT2D eigenvalue weighted by Crippen LogP contribution is 2.15. The number of allylic oxidation sites excluding steroid dienone is 4. The van der Waals surface area contributed by atoms with Crippen molar-refractivity contribution in [1.82, 2.24) is 0 Å². The minimum atomic E-state index is 0.743. The van der Waals surface area contributed by atoms with Crippen LogP contribution in [0.15, 0.2) is 48.3 Å². The molecule has 0 bridgehead atoms. The fourth-order valence-electron chi connectivity index (χ4n) is 0.988. The molecule has 1 aromatic rings. The standard InChI is InChI=1S/C12H15NO.C2H7N/c1-3-4-5-10(2)14-12-8-6-11(13)7-9-12;1-2-3/h3-9H,13H2,1-2H3;2-3H2,1H3/b4-3-,10-5+;. The molecule has 0 spiro atoms. The van der Waals surface area contributed by atoms with Crippen molar-refractivity contribution in [2.24, 2.45) is 5.73 Å². The molecule has 3 heteroatoms. The Balaban J connectivity index is 0.000000770. The molecule has 0 atom stereocenters. The van der Waals surface area contributed by atoms with Gasteiger partial charge < -0.3 is 16.2 Å². The monoisotopic (exact) mass is 234 g/mol. The SMILES string of the molecule is C/C=C\C=C(/C)Oc1ccc(N)cc1.CCN. The molecule has 17 heavy (non-hydrogen) atoms. The van der Waals surface area contributed by atoms with Crippen molar-refractivity contribution in [2.45, 2.75) is 20.8 Å². The maximum absolute atomic E-state index is 5.56. The van der Waals surface area contributed by atoms with E-state index in [0.717, 1.165) is 23.7 Å². The topological polar surface area (TPSA) is 61.3 Å². The Bertz CT molecular complexity index is 353. The summed E-state index contributed by atoms with van der Waals surface area (Å²) in [6.45, 7) is 6.53. The van der Waals surface area contributed by atoms with Gasteiger partial charge >= 0.3 is 0 Å². The summed E-state index contributed by atoms with van der Waals surface area (Å²) in [7, 11) is 0. The molecule has 0 saturated heterocycles. The van der Waals surface area contributed by atoms with Gasteiger partial charge in [0, 0.05) is 5.69 Å². The first-order valence-electron chi connectivity index (χ1n) is 5.67. The van der Waals surface area contributed by atoms with E-state index in [1.54, 1.807) is 0 Å². The molecular formula is C14H22N2O. The molecule has 0 aromatic heterocycles. The molecule has 0 fully saturated rings. The number of rotatable bonds is 3. The molecule has 0 amide bonds. The lowest BCUT2D eigenvalue weighted by molar-refractivity contribution is 0.428. The summed E-state index contributed by atoms with van der Waals surface area (Å²) in [5.74, 6) is 1.66. The van der Waals surface area contributed by atoms with Crippen LogP contribution in [-0.4, -0.2) is 6.54 Å². The fraction of sp³-hybridized carbons (Fsp3) is 0.286. The Morgan fingerprint density at radius 2 is 1.82 bits per heavy atom. The maximum Gasteiger partial charge on any atom is 0.127 e. The van der Waals surface area contributed by atoms with Gasteiger partial charge in [-0.2, -0.15) is 0 Å². The number of anilines is 1. The van der Waals surface area contributed by atoms with Crippen LogP contribution in [0.2, 0.25) is 0 Å². The van der Waals surface area contributed by atoms with E-state index in [1.165, 1.54) is 0 Å². The van der Waals surface area contributed by atoms with Crippen LogP contribution in [0.5, 0.6) is 5.75 Å². The van der Waals surface area contributed by atoms with Gasteiger partial charge in [-0.25, -0.2) is 0 Å².